The lowest BCUT2D eigenvalue weighted by Gasteiger charge is -2.17. The summed E-state index contributed by atoms with van der Waals surface area (Å²) in [7, 11) is 0. The molecule has 0 spiro atoms. The zero-order chi connectivity index (χ0) is 13.7. The van der Waals surface area contributed by atoms with Crippen molar-refractivity contribution < 1.29 is 0 Å². The molecule has 0 radical (unpaired) electrons. The van der Waals surface area contributed by atoms with Gasteiger partial charge >= 0.3 is 0 Å². The fourth-order valence-electron chi connectivity index (χ4n) is 2.31. The van der Waals surface area contributed by atoms with E-state index in [4.69, 9.17) is 5.84 Å². The van der Waals surface area contributed by atoms with Crippen molar-refractivity contribution >= 4 is 0 Å². The Kier molecular flexibility index (Phi) is 4.72. The Labute approximate surface area is 115 Å². The summed E-state index contributed by atoms with van der Waals surface area (Å²) in [5, 5.41) is 0. The van der Waals surface area contributed by atoms with Crippen LogP contribution >= 0.6 is 0 Å². The second-order valence-electron chi connectivity index (χ2n) is 5.01. The van der Waals surface area contributed by atoms with Crippen LogP contribution in [0.1, 0.15) is 35.2 Å². The summed E-state index contributed by atoms with van der Waals surface area (Å²) in [6, 6.07) is 17.4. The standard InChI is InChI=1S/C17H22N2/c1-3-14-7-9-15(10-8-14)12-17(19-18)16-6-4-5-13(2)11-16/h4-11,17,19H,3,12,18H2,1-2H3. The average Bonchev–Trinajstić information content (AvgIpc) is 2.45. The Morgan fingerprint density at radius 1 is 1.05 bits per heavy atom. The molecule has 2 heteroatoms. The van der Waals surface area contributed by atoms with E-state index in [1.54, 1.807) is 0 Å². The van der Waals surface area contributed by atoms with E-state index in [0.29, 0.717) is 0 Å². The van der Waals surface area contributed by atoms with Crippen LogP contribution in [0.2, 0.25) is 0 Å². The molecule has 0 aromatic heterocycles. The van der Waals surface area contributed by atoms with Crippen molar-refractivity contribution in [3.63, 3.8) is 0 Å². The molecule has 1 atom stereocenters. The van der Waals surface area contributed by atoms with E-state index in [0.717, 1.165) is 12.8 Å². The molecule has 2 aromatic rings. The monoisotopic (exact) mass is 254 g/mol. The van der Waals surface area contributed by atoms with Crippen LogP contribution in [0.15, 0.2) is 48.5 Å². The first-order valence-electron chi connectivity index (χ1n) is 6.83. The van der Waals surface area contributed by atoms with Gasteiger partial charge in [0.15, 0.2) is 0 Å². The topological polar surface area (TPSA) is 38.0 Å². The molecule has 19 heavy (non-hydrogen) atoms. The molecule has 0 fully saturated rings. The maximum Gasteiger partial charge on any atom is 0.0500 e. The Hall–Kier alpha value is -1.64. The highest BCUT2D eigenvalue weighted by molar-refractivity contribution is 5.28. The number of nitrogens with one attached hydrogen (secondary N) is 1. The van der Waals surface area contributed by atoms with E-state index in [-0.39, 0.29) is 6.04 Å². The van der Waals surface area contributed by atoms with Gasteiger partial charge in [-0.15, -0.1) is 0 Å². The van der Waals surface area contributed by atoms with E-state index in [2.05, 4.69) is 67.8 Å². The van der Waals surface area contributed by atoms with Crippen LogP contribution in [-0.4, -0.2) is 0 Å². The third-order valence-electron chi connectivity index (χ3n) is 3.52. The SMILES string of the molecule is CCc1ccc(CC(NN)c2cccc(C)c2)cc1. The molecule has 0 aliphatic rings. The third-order valence-corrected chi connectivity index (χ3v) is 3.52. The number of hydrogen-bond donors (Lipinski definition) is 2. The van der Waals surface area contributed by atoms with Crippen LogP contribution in [0.4, 0.5) is 0 Å². The van der Waals surface area contributed by atoms with Crippen LogP contribution in [0.25, 0.3) is 0 Å². The fraction of sp³-hybridized carbons (Fsp3) is 0.294. The number of benzene rings is 2. The highest BCUT2D eigenvalue weighted by Crippen LogP contribution is 2.19. The van der Waals surface area contributed by atoms with Crippen molar-refractivity contribution in [2.75, 3.05) is 0 Å². The van der Waals surface area contributed by atoms with E-state index in [1.807, 2.05) is 0 Å². The Morgan fingerprint density at radius 3 is 2.32 bits per heavy atom. The summed E-state index contributed by atoms with van der Waals surface area (Å²) in [5.41, 5.74) is 8.10. The molecule has 2 rings (SSSR count). The summed E-state index contributed by atoms with van der Waals surface area (Å²) in [4.78, 5) is 0. The minimum atomic E-state index is 0.160. The Morgan fingerprint density at radius 2 is 1.74 bits per heavy atom. The number of rotatable bonds is 5. The largest absolute Gasteiger partial charge is 0.271 e. The van der Waals surface area contributed by atoms with Gasteiger partial charge in [0.1, 0.15) is 0 Å². The number of hydrazine groups is 1. The molecular weight excluding hydrogens is 232 g/mol. The predicted molar refractivity (Wildman–Crippen MR) is 80.8 cm³/mol. The quantitative estimate of drug-likeness (QED) is 0.634. The summed E-state index contributed by atoms with van der Waals surface area (Å²) >= 11 is 0. The molecule has 100 valence electrons. The maximum atomic E-state index is 5.71. The molecular formula is C17H22N2. The summed E-state index contributed by atoms with van der Waals surface area (Å²) < 4.78 is 0. The molecule has 0 aliphatic carbocycles. The molecule has 2 aromatic carbocycles. The Bertz CT molecular complexity index is 517. The van der Waals surface area contributed by atoms with E-state index in [9.17, 15) is 0 Å². The smallest absolute Gasteiger partial charge is 0.0500 e. The van der Waals surface area contributed by atoms with E-state index in [1.165, 1.54) is 22.3 Å². The van der Waals surface area contributed by atoms with Crippen molar-refractivity contribution in [1.29, 1.82) is 0 Å². The van der Waals surface area contributed by atoms with Crippen molar-refractivity contribution in [2.24, 2.45) is 5.84 Å². The van der Waals surface area contributed by atoms with Gasteiger partial charge in [-0.05, 0) is 36.5 Å². The van der Waals surface area contributed by atoms with Crippen molar-refractivity contribution in [1.82, 2.24) is 5.43 Å². The van der Waals surface area contributed by atoms with Gasteiger partial charge in [-0.2, -0.15) is 0 Å². The first-order chi connectivity index (χ1) is 9.22. The molecule has 0 aliphatic heterocycles. The molecule has 0 saturated carbocycles. The first kappa shape index (κ1) is 13.8. The first-order valence-corrected chi connectivity index (χ1v) is 6.83. The second-order valence-corrected chi connectivity index (χ2v) is 5.01. The van der Waals surface area contributed by atoms with Gasteiger partial charge < -0.3 is 0 Å². The molecule has 0 bridgehead atoms. The number of aryl methyl sites for hydroxylation is 2. The predicted octanol–water partition coefficient (Wildman–Crippen LogP) is 3.30. The average molecular weight is 254 g/mol. The molecule has 3 N–H and O–H groups in total. The third kappa shape index (κ3) is 3.66. The van der Waals surface area contributed by atoms with Gasteiger partial charge in [-0.25, -0.2) is 0 Å². The lowest BCUT2D eigenvalue weighted by Crippen LogP contribution is -2.29. The number of hydrogen-bond acceptors (Lipinski definition) is 2. The van der Waals surface area contributed by atoms with Crippen LogP contribution < -0.4 is 11.3 Å². The zero-order valence-electron chi connectivity index (χ0n) is 11.7. The zero-order valence-corrected chi connectivity index (χ0v) is 11.7. The highest BCUT2D eigenvalue weighted by Gasteiger charge is 2.10. The minimum Gasteiger partial charge on any atom is -0.271 e. The summed E-state index contributed by atoms with van der Waals surface area (Å²) in [6.45, 7) is 4.28. The van der Waals surface area contributed by atoms with Crippen LogP contribution in [0.3, 0.4) is 0 Å². The van der Waals surface area contributed by atoms with E-state index < -0.39 is 0 Å². The van der Waals surface area contributed by atoms with Crippen LogP contribution in [-0.2, 0) is 12.8 Å². The highest BCUT2D eigenvalue weighted by atomic mass is 15.2. The van der Waals surface area contributed by atoms with Gasteiger partial charge in [0, 0.05) is 6.04 Å². The van der Waals surface area contributed by atoms with Gasteiger partial charge in [0.05, 0.1) is 0 Å². The second kappa shape index (κ2) is 6.50. The normalized spacial score (nSPS) is 12.4. The summed E-state index contributed by atoms with van der Waals surface area (Å²) in [6.07, 6.45) is 1.99. The fourth-order valence-corrected chi connectivity index (χ4v) is 2.31. The maximum absolute atomic E-state index is 5.71. The molecule has 1 unspecified atom stereocenters. The van der Waals surface area contributed by atoms with Gasteiger partial charge in [-0.3, -0.25) is 11.3 Å². The van der Waals surface area contributed by atoms with Gasteiger partial charge in [0.2, 0.25) is 0 Å². The lowest BCUT2D eigenvalue weighted by atomic mass is 9.97. The minimum absolute atomic E-state index is 0.160. The summed E-state index contributed by atoms with van der Waals surface area (Å²) in [5.74, 6) is 5.71. The van der Waals surface area contributed by atoms with Crippen molar-refractivity contribution in [3.8, 4) is 0 Å². The van der Waals surface area contributed by atoms with Crippen molar-refractivity contribution in [3.05, 3.63) is 70.8 Å². The van der Waals surface area contributed by atoms with E-state index >= 15 is 0 Å². The lowest BCUT2D eigenvalue weighted by molar-refractivity contribution is 0.551. The number of nitrogens with two attached hydrogens (primary N) is 1. The molecule has 2 nitrogen and oxygen atoms in total. The molecule has 0 amide bonds. The van der Waals surface area contributed by atoms with Gasteiger partial charge in [-0.1, -0.05) is 61.0 Å². The molecule has 0 saturated heterocycles. The van der Waals surface area contributed by atoms with Gasteiger partial charge in [0.25, 0.3) is 0 Å². The van der Waals surface area contributed by atoms with Crippen LogP contribution in [0, 0.1) is 6.92 Å². The molecule has 0 heterocycles. The van der Waals surface area contributed by atoms with Crippen molar-refractivity contribution in [2.45, 2.75) is 32.7 Å². The Balaban J connectivity index is 2.14. The van der Waals surface area contributed by atoms with Crippen LogP contribution in [0.5, 0.6) is 0 Å².